The Labute approximate surface area is 208 Å². The summed E-state index contributed by atoms with van der Waals surface area (Å²) in [5, 5.41) is 21.5. The Kier molecular flexibility index (Phi) is 6.59. The summed E-state index contributed by atoms with van der Waals surface area (Å²) in [7, 11) is 0. The highest BCUT2D eigenvalue weighted by molar-refractivity contribution is 8.00. The van der Waals surface area contributed by atoms with Crippen LogP contribution in [-0.2, 0) is 0 Å². The molecule has 6 nitrogen and oxygen atoms in total. The number of benzene rings is 2. The van der Waals surface area contributed by atoms with Crippen LogP contribution >= 0.6 is 23.3 Å². The van der Waals surface area contributed by atoms with E-state index in [4.69, 9.17) is 0 Å². The zero-order valence-corrected chi connectivity index (χ0v) is 21.0. The maximum atomic E-state index is 13.1. The topological polar surface area (TPSA) is 85.7 Å². The van der Waals surface area contributed by atoms with Crippen LogP contribution in [0.5, 0.6) is 0 Å². The first-order valence-electron chi connectivity index (χ1n) is 11.9. The van der Waals surface area contributed by atoms with Crippen molar-refractivity contribution in [2.45, 2.75) is 61.5 Å². The van der Waals surface area contributed by atoms with Crippen molar-refractivity contribution in [2.75, 3.05) is 17.8 Å². The van der Waals surface area contributed by atoms with Crippen LogP contribution in [0, 0.1) is 5.92 Å². The second-order valence-electron chi connectivity index (χ2n) is 9.90. The minimum absolute atomic E-state index is 0.0140. The number of hydrogen-bond acceptors (Lipinski definition) is 7. The molecule has 0 unspecified atom stereocenters. The lowest BCUT2D eigenvalue weighted by Gasteiger charge is -2.46. The molecule has 5 rings (SSSR count). The molecule has 1 aliphatic carbocycles. The van der Waals surface area contributed by atoms with Gasteiger partial charge in [-0.25, -0.2) is 4.98 Å². The standard InChI is InChI=1S/C26H31N3O3S2/c1-25(31)11-9-19(10-12-25)26(32)13-15-29(16-14-26)24(30)18-5-7-20(8-6-18)28-34-22-4-2-3-21-23(22)27-17-33-21/h2-8,17,19,28,31-32H,9-16H2,1H3. The number of hydrogen-bond donors (Lipinski definition) is 3. The van der Waals surface area contributed by atoms with E-state index in [1.165, 1.54) is 11.9 Å². The van der Waals surface area contributed by atoms with Gasteiger partial charge >= 0.3 is 0 Å². The Morgan fingerprint density at radius 1 is 1.09 bits per heavy atom. The fraction of sp³-hybridized carbons (Fsp3) is 0.462. The summed E-state index contributed by atoms with van der Waals surface area (Å²) >= 11 is 3.15. The number of nitrogens with one attached hydrogen (secondary N) is 1. The molecule has 3 N–H and O–H groups in total. The Morgan fingerprint density at radius 3 is 2.50 bits per heavy atom. The Bertz CT molecular complexity index is 1140. The van der Waals surface area contributed by atoms with Crippen molar-refractivity contribution in [2.24, 2.45) is 5.92 Å². The van der Waals surface area contributed by atoms with E-state index in [2.05, 4.69) is 15.8 Å². The summed E-state index contributed by atoms with van der Waals surface area (Å²) in [6.07, 6.45) is 4.37. The molecule has 0 bridgehead atoms. The molecule has 1 saturated carbocycles. The minimum Gasteiger partial charge on any atom is -0.390 e. The van der Waals surface area contributed by atoms with Crippen LogP contribution in [-0.4, -0.2) is 50.3 Å². The Balaban J connectivity index is 1.15. The lowest BCUT2D eigenvalue weighted by atomic mass is 9.69. The van der Waals surface area contributed by atoms with Gasteiger partial charge in [0.2, 0.25) is 0 Å². The van der Waals surface area contributed by atoms with Crippen LogP contribution < -0.4 is 4.72 Å². The molecule has 8 heteroatoms. The predicted octanol–water partition coefficient (Wildman–Crippen LogP) is 5.32. The van der Waals surface area contributed by atoms with Crippen LogP contribution in [0.15, 0.2) is 52.9 Å². The van der Waals surface area contributed by atoms with Crippen LogP contribution in [0.25, 0.3) is 10.2 Å². The number of aromatic nitrogens is 1. The minimum atomic E-state index is -0.724. The van der Waals surface area contributed by atoms with Crippen molar-refractivity contribution in [1.29, 1.82) is 0 Å². The van der Waals surface area contributed by atoms with Gasteiger partial charge in [-0.3, -0.25) is 4.79 Å². The molecule has 2 heterocycles. The zero-order chi connectivity index (χ0) is 23.8. The molecule has 34 heavy (non-hydrogen) atoms. The number of rotatable bonds is 5. The molecule has 2 fully saturated rings. The number of likely N-dealkylation sites (tertiary alicyclic amines) is 1. The molecular formula is C26H31N3O3S2. The van der Waals surface area contributed by atoms with Crippen molar-refractivity contribution in [3.05, 3.63) is 53.5 Å². The van der Waals surface area contributed by atoms with E-state index in [1.807, 2.05) is 53.7 Å². The molecule has 0 radical (unpaired) electrons. The zero-order valence-electron chi connectivity index (χ0n) is 19.4. The summed E-state index contributed by atoms with van der Waals surface area (Å²) in [5.74, 6) is 0.225. The number of amides is 1. The fourth-order valence-electron chi connectivity index (χ4n) is 5.20. The summed E-state index contributed by atoms with van der Waals surface area (Å²) in [4.78, 5) is 20.4. The summed E-state index contributed by atoms with van der Waals surface area (Å²) in [6.45, 7) is 3.01. The Morgan fingerprint density at radius 2 is 1.79 bits per heavy atom. The van der Waals surface area contributed by atoms with Crippen molar-refractivity contribution >= 4 is 45.1 Å². The predicted molar refractivity (Wildman–Crippen MR) is 138 cm³/mol. The maximum absolute atomic E-state index is 13.1. The number of fused-ring (bicyclic) bond motifs is 1. The first kappa shape index (κ1) is 23.6. The Hall–Kier alpha value is -2.13. The van der Waals surface area contributed by atoms with E-state index in [0.717, 1.165) is 46.5 Å². The maximum Gasteiger partial charge on any atom is 0.253 e. The molecular weight excluding hydrogens is 466 g/mol. The van der Waals surface area contributed by atoms with Gasteiger partial charge in [-0.2, -0.15) is 0 Å². The lowest BCUT2D eigenvalue weighted by molar-refractivity contribution is -0.0954. The molecule has 1 aliphatic heterocycles. The number of aliphatic hydroxyl groups is 2. The molecule has 2 aliphatic rings. The summed E-state index contributed by atoms with van der Waals surface area (Å²) in [5.41, 5.74) is 3.12. The third-order valence-corrected chi connectivity index (χ3v) is 9.15. The highest BCUT2D eigenvalue weighted by atomic mass is 32.2. The van der Waals surface area contributed by atoms with E-state index in [1.54, 1.807) is 11.3 Å². The summed E-state index contributed by atoms with van der Waals surface area (Å²) < 4.78 is 4.51. The first-order chi connectivity index (χ1) is 16.3. The first-order valence-corrected chi connectivity index (χ1v) is 13.6. The number of para-hydroxylation sites is 1. The largest absolute Gasteiger partial charge is 0.390 e. The normalized spacial score (nSPS) is 24.8. The van der Waals surface area contributed by atoms with Gasteiger partial charge < -0.3 is 19.8 Å². The van der Waals surface area contributed by atoms with E-state index in [-0.39, 0.29) is 11.8 Å². The van der Waals surface area contributed by atoms with Crippen molar-refractivity contribution in [3.63, 3.8) is 0 Å². The molecule has 1 aromatic heterocycles. The average Bonchev–Trinajstić information content (AvgIpc) is 3.33. The van der Waals surface area contributed by atoms with Gasteiger partial charge in [0.1, 0.15) is 0 Å². The molecule has 180 valence electrons. The van der Waals surface area contributed by atoms with E-state index in [9.17, 15) is 15.0 Å². The van der Waals surface area contributed by atoms with Crippen molar-refractivity contribution in [3.8, 4) is 0 Å². The smallest absolute Gasteiger partial charge is 0.253 e. The average molecular weight is 498 g/mol. The van der Waals surface area contributed by atoms with Crippen molar-refractivity contribution < 1.29 is 15.0 Å². The second-order valence-corrected chi connectivity index (χ2v) is 11.6. The fourth-order valence-corrected chi connectivity index (χ4v) is 6.74. The van der Waals surface area contributed by atoms with Gasteiger partial charge in [-0.15, -0.1) is 11.3 Å². The van der Waals surface area contributed by atoms with Gasteiger partial charge in [0.25, 0.3) is 5.91 Å². The monoisotopic (exact) mass is 497 g/mol. The van der Waals surface area contributed by atoms with Crippen LogP contribution in [0.3, 0.4) is 0 Å². The molecule has 1 amide bonds. The van der Waals surface area contributed by atoms with Gasteiger partial charge in [-0.1, -0.05) is 6.07 Å². The second kappa shape index (κ2) is 9.49. The van der Waals surface area contributed by atoms with Gasteiger partial charge in [0.05, 0.1) is 31.8 Å². The highest BCUT2D eigenvalue weighted by Gasteiger charge is 2.43. The van der Waals surface area contributed by atoms with E-state index < -0.39 is 11.2 Å². The summed E-state index contributed by atoms with van der Waals surface area (Å²) in [6, 6.07) is 13.7. The lowest BCUT2D eigenvalue weighted by Crippen LogP contribution is -2.52. The number of piperidine rings is 1. The molecule has 0 atom stereocenters. The van der Waals surface area contributed by atoms with E-state index >= 15 is 0 Å². The van der Waals surface area contributed by atoms with Crippen LogP contribution in [0.1, 0.15) is 55.8 Å². The number of carbonyl (C=O) groups is 1. The highest BCUT2D eigenvalue weighted by Crippen LogP contribution is 2.42. The quantitative estimate of drug-likeness (QED) is 0.414. The molecule has 3 aromatic rings. The van der Waals surface area contributed by atoms with E-state index in [0.29, 0.717) is 31.5 Å². The van der Waals surface area contributed by atoms with Gasteiger partial charge in [-0.05, 0) is 99.7 Å². The van der Waals surface area contributed by atoms with Crippen LogP contribution in [0.2, 0.25) is 0 Å². The van der Waals surface area contributed by atoms with Gasteiger partial charge in [0, 0.05) is 24.3 Å². The molecule has 0 spiro atoms. The molecule has 2 aromatic carbocycles. The number of anilines is 1. The number of carbonyl (C=O) groups excluding carboxylic acids is 1. The third kappa shape index (κ3) is 4.96. The number of nitrogens with zero attached hydrogens (tertiary/aromatic N) is 2. The molecule has 1 saturated heterocycles. The third-order valence-electron chi connectivity index (χ3n) is 7.47. The van der Waals surface area contributed by atoms with Crippen molar-refractivity contribution in [1.82, 2.24) is 9.88 Å². The SMILES string of the molecule is CC1(O)CCC(C2(O)CCN(C(=O)c3ccc(NSc4cccc5scnc45)cc3)CC2)CC1. The number of thiazole rings is 1. The van der Waals surface area contributed by atoms with Crippen LogP contribution in [0.4, 0.5) is 5.69 Å². The van der Waals surface area contributed by atoms with Gasteiger partial charge in [0.15, 0.2) is 0 Å².